The van der Waals surface area contributed by atoms with Gasteiger partial charge in [-0.25, -0.2) is 9.48 Å². The zero-order chi connectivity index (χ0) is 13.2. The van der Waals surface area contributed by atoms with E-state index in [4.69, 9.17) is 10.8 Å². The molecule has 0 aliphatic carbocycles. The van der Waals surface area contributed by atoms with Crippen LogP contribution in [0.15, 0.2) is 0 Å². The van der Waals surface area contributed by atoms with Crippen molar-refractivity contribution in [1.29, 1.82) is 0 Å². The molecule has 0 saturated heterocycles. The molecule has 1 aromatic heterocycles. The highest BCUT2D eigenvalue weighted by atomic mass is 16.4. The third-order valence-corrected chi connectivity index (χ3v) is 2.35. The third-order valence-electron chi connectivity index (χ3n) is 2.35. The molecule has 1 heterocycles. The summed E-state index contributed by atoms with van der Waals surface area (Å²) in [5.74, 6) is -1.41. The van der Waals surface area contributed by atoms with Crippen molar-refractivity contribution in [2.75, 3.05) is 14.1 Å². The van der Waals surface area contributed by atoms with Crippen molar-refractivity contribution in [2.45, 2.75) is 19.5 Å². The highest BCUT2D eigenvalue weighted by Gasteiger charge is 2.25. The van der Waals surface area contributed by atoms with Gasteiger partial charge < -0.3 is 15.7 Å². The number of aromatic nitrogens is 3. The molecule has 94 valence electrons. The molecule has 3 N–H and O–H groups in total. The van der Waals surface area contributed by atoms with Crippen LogP contribution in [0.4, 0.5) is 0 Å². The van der Waals surface area contributed by atoms with E-state index in [0.717, 1.165) is 0 Å². The number of likely N-dealkylation sites (N-methyl/N-ethyl adjacent to an activating group) is 1. The molecule has 0 aliphatic heterocycles. The Kier molecular flexibility index (Phi) is 3.79. The SMILES string of the molecule is CC(C(=O)N(C)C)n1nnc(C(=O)O)c1CN. The Bertz CT molecular complexity index is 440. The first-order valence-corrected chi connectivity index (χ1v) is 4.98. The minimum absolute atomic E-state index is 0.0420. The third kappa shape index (κ3) is 2.41. The average molecular weight is 241 g/mol. The van der Waals surface area contributed by atoms with Crippen molar-refractivity contribution in [3.8, 4) is 0 Å². The van der Waals surface area contributed by atoms with E-state index in [2.05, 4.69) is 10.3 Å². The number of nitrogens with two attached hydrogens (primary N) is 1. The Labute approximate surface area is 98.0 Å². The number of hydrogen-bond acceptors (Lipinski definition) is 5. The molecule has 0 fully saturated rings. The smallest absolute Gasteiger partial charge is 0.358 e. The highest BCUT2D eigenvalue weighted by molar-refractivity contribution is 5.87. The summed E-state index contributed by atoms with van der Waals surface area (Å²) in [5, 5.41) is 16.1. The molecular formula is C9H15N5O3. The molecule has 8 heteroatoms. The van der Waals surface area contributed by atoms with Crippen LogP contribution >= 0.6 is 0 Å². The Balaban J connectivity index is 3.15. The van der Waals surface area contributed by atoms with E-state index < -0.39 is 12.0 Å². The fourth-order valence-electron chi connectivity index (χ4n) is 1.46. The van der Waals surface area contributed by atoms with Gasteiger partial charge in [0.15, 0.2) is 5.69 Å². The summed E-state index contributed by atoms with van der Waals surface area (Å²) in [6.45, 7) is 1.57. The van der Waals surface area contributed by atoms with E-state index in [1.54, 1.807) is 21.0 Å². The molecule has 0 bridgehead atoms. The van der Waals surface area contributed by atoms with Crippen molar-refractivity contribution in [1.82, 2.24) is 19.9 Å². The minimum Gasteiger partial charge on any atom is -0.476 e. The number of carbonyl (C=O) groups is 2. The number of hydrogen-bond donors (Lipinski definition) is 2. The van der Waals surface area contributed by atoms with Crippen LogP contribution in [0.3, 0.4) is 0 Å². The van der Waals surface area contributed by atoms with Gasteiger partial charge in [-0.2, -0.15) is 0 Å². The van der Waals surface area contributed by atoms with Crippen LogP contribution in [0.1, 0.15) is 29.1 Å². The van der Waals surface area contributed by atoms with Crippen LogP contribution < -0.4 is 5.73 Å². The number of aromatic carboxylic acids is 1. The van der Waals surface area contributed by atoms with Crippen LogP contribution in [-0.2, 0) is 11.3 Å². The summed E-state index contributed by atoms with van der Waals surface area (Å²) in [4.78, 5) is 24.0. The van der Waals surface area contributed by atoms with Gasteiger partial charge in [0.1, 0.15) is 6.04 Å². The lowest BCUT2D eigenvalue weighted by molar-refractivity contribution is -0.132. The molecule has 1 atom stereocenters. The average Bonchev–Trinajstić information content (AvgIpc) is 2.70. The second kappa shape index (κ2) is 4.91. The fourth-order valence-corrected chi connectivity index (χ4v) is 1.46. The molecule has 1 amide bonds. The Morgan fingerprint density at radius 1 is 1.53 bits per heavy atom. The van der Waals surface area contributed by atoms with Gasteiger partial charge >= 0.3 is 5.97 Å². The van der Waals surface area contributed by atoms with Gasteiger partial charge in [0, 0.05) is 20.6 Å². The van der Waals surface area contributed by atoms with Gasteiger partial charge in [-0.15, -0.1) is 5.10 Å². The van der Waals surface area contributed by atoms with Crippen molar-refractivity contribution in [3.05, 3.63) is 11.4 Å². The van der Waals surface area contributed by atoms with Crippen LogP contribution in [0, 0.1) is 0 Å². The van der Waals surface area contributed by atoms with Crippen molar-refractivity contribution < 1.29 is 14.7 Å². The quantitative estimate of drug-likeness (QED) is 0.704. The predicted octanol–water partition coefficient (Wildman–Crippen LogP) is -0.916. The van der Waals surface area contributed by atoms with Gasteiger partial charge in [-0.1, -0.05) is 5.21 Å². The van der Waals surface area contributed by atoms with E-state index in [9.17, 15) is 9.59 Å². The molecule has 0 saturated carbocycles. The van der Waals surface area contributed by atoms with Crippen molar-refractivity contribution in [3.63, 3.8) is 0 Å². The molecule has 0 radical (unpaired) electrons. The first kappa shape index (κ1) is 13.1. The summed E-state index contributed by atoms with van der Waals surface area (Å²) in [7, 11) is 3.21. The molecular weight excluding hydrogens is 226 g/mol. The number of carboxylic acid groups (broad SMARTS) is 1. The van der Waals surface area contributed by atoms with Gasteiger partial charge in [0.05, 0.1) is 5.69 Å². The van der Waals surface area contributed by atoms with E-state index in [-0.39, 0.29) is 23.8 Å². The van der Waals surface area contributed by atoms with Gasteiger partial charge in [0.25, 0.3) is 0 Å². The van der Waals surface area contributed by atoms with Gasteiger partial charge in [-0.05, 0) is 6.92 Å². The van der Waals surface area contributed by atoms with E-state index in [1.165, 1.54) is 9.58 Å². The van der Waals surface area contributed by atoms with Crippen molar-refractivity contribution >= 4 is 11.9 Å². The summed E-state index contributed by atoms with van der Waals surface area (Å²) < 4.78 is 1.24. The standard InChI is InChI=1S/C9H15N5O3/c1-5(8(15)13(2)3)14-6(4-10)7(9(16)17)11-12-14/h5H,4,10H2,1-3H3,(H,16,17). The molecule has 1 aromatic rings. The molecule has 1 unspecified atom stereocenters. The van der Waals surface area contributed by atoms with Crippen LogP contribution in [-0.4, -0.2) is 51.0 Å². The number of amides is 1. The maximum absolute atomic E-state index is 11.7. The second-order valence-corrected chi connectivity index (χ2v) is 3.75. The molecule has 8 nitrogen and oxygen atoms in total. The van der Waals surface area contributed by atoms with Gasteiger partial charge in [0.2, 0.25) is 5.91 Å². The molecule has 17 heavy (non-hydrogen) atoms. The Hall–Kier alpha value is -1.96. The fraction of sp³-hybridized carbons (Fsp3) is 0.556. The lowest BCUT2D eigenvalue weighted by Gasteiger charge is -2.18. The maximum Gasteiger partial charge on any atom is 0.358 e. The monoisotopic (exact) mass is 241 g/mol. The largest absolute Gasteiger partial charge is 0.476 e. The highest BCUT2D eigenvalue weighted by Crippen LogP contribution is 2.13. The normalized spacial score (nSPS) is 12.2. The summed E-state index contributed by atoms with van der Waals surface area (Å²) >= 11 is 0. The summed E-state index contributed by atoms with van der Waals surface area (Å²) in [6, 6.07) is -0.635. The lowest BCUT2D eigenvalue weighted by atomic mass is 10.2. The zero-order valence-corrected chi connectivity index (χ0v) is 9.91. The number of rotatable bonds is 4. The Morgan fingerprint density at radius 2 is 2.12 bits per heavy atom. The van der Waals surface area contributed by atoms with Gasteiger partial charge in [-0.3, -0.25) is 4.79 Å². The summed E-state index contributed by atoms with van der Waals surface area (Å²) in [6.07, 6.45) is 0. The number of carbonyl (C=O) groups excluding carboxylic acids is 1. The Morgan fingerprint density at radius 3 is 2.53 bits per heavy atom. The molecule has 0 aromatic carbocycles. The molecule has 0 aliphatic rings. The predicted molar refractivity (Wildman–Crippen MR) is 58.3 cm³/mol. The first-order valence-electron chi connectivity index (χ1n) is 4.98. The summed E-state index contributed by atoms with van der Waals surface area (Å²) in [5.41, 5.74) is 5.48. The zero-order valence-electron chi connectivity index (χ0n) is 9.91. The maximum atomic E-state index is 11.7. The van der Waals surface area contributed by atoms with E-state index >= 15 is 0 Å². The number of carboxylic acids is 1. The number of nitrogens with zero attached hydrogens (tertiary/aromatic N) is 4. The van der Waals surface area contributed by atoms with Crippen LogP contribution in [0.2, 0.25) is 0 Å². The molecule has 1 rings (SSSR count). The van der Waals surface area contributed by atoms with E-state index in [0.29, 0.717) is 0 Å². The minimum atomic E-state index is -1.21. The second-order valence-electron chi connectivity index (χ2n) is 3.75. The lowest BCUT2D eigenvalue weighted by Crippen LogP contribution is -2.31. The van der Waals surface area contributed by atoms with Crippen molar-refractivity contribution in [2.24, 2.45) is 5.73 Å². The topological polar surface area (TPSA) is 114 Å². The molecule has 0 spiro atoms. The first-order chi connectivity index (χ1) is 7.90. The van der Waals surface area contributed by atoms with Crippen LogP contribution in [0.5, 0.6) is 0 Å². The van der Waals surface area contributed by atoms with Crippen LogP contribution in [0.25, 0.3) is 0 Å². The van der Waals surface area contributed by atoms with E-state index in [1.807, 2.05) is 0 Å².